The fourth-order valence-corrected chi connectivity index (χ4v) is 4.99. The van der Waals surface area contributed by atoms with Crippen LogP contribution in [0.3, 0.4) is 0 Å². The van der Waals surface area contributed by atoms with Gasteiger partial charge in [0.05, 0.1) is 4.92 Å². The van der Waals surface area contributed by atoms with Gasteiger partial charge in [-0.3, -0.25) is 19.7 Å². The Morgan fingerprint density at radius 2 is 1.93 bits per heavy atom. The highest BCUT2D eigenvalue weighted by Crippen LogP contribution is 2.35. The van der Waals surface area contributed by atoms with Gasteiger partial charge in [-0.25, -0.2) is 0 Å². The van der Waals surface area contributed by atoms with Crippen molar-refractivity contribution < 1.29 is 9.72 Å². The van der Waals surface area contributed by atoms with Crippen molar-refractivity contribution >= 4 is 22.5 Å². The zero-order chi connectivity index (χ0) is 20.8. The Morgan fingerprint density at radius 3 is 2.77 bits per heavy atom. The molecular weight excluding hydrogens is 384 g/mol. The number of hydrogen-bond donors (Lipinski definition) is 0. The summed E-state index contributed by atoms with van der Waals surface area (Å²) in [6, 6.07) is 13.1. The molecule has 0 spiro atoms. The molecule has 1 saturated heterocycles. The summed E-state index contributed by atoms with van der Waals surface area (Å²) < 4.78 is 3.65. The summed E-state index contributed by atoms with van der Waals surface area (Å²) >= 11 is 0. The number of carbonyl (C=O) groups is 1. The zero-order valence-electron chi connectivity index (χ0n) is 16.4. The van der Waals surface area contributed by atoms with Gasteiger partial charge < -0.3 is 14.0 Å². The molecule has 5 rings (SSSR count). The summed E-state index contributed by atoms with van der Waals surface area (Å²) in [5, 5.41) is 12.2. The van der Waals surface area contributed by atoms with Crippen molar-refractivity contribution in [3.8, 4) is 0 Å². The maximum absolute atomic E-state index is 12.9. The van der Waals surface area contributed by atoms with Crippen LogP contribution in [0.15, 0.2) is 53.5 Å². The van der Waals surface area contributed by atoms with Crippen LogP contribution in [0.4, 0.5) is 5.69 Å². The van der Waals surface area contributed by atoms with E-state index >= 15 is 0 Å². The monoisotopic (exact) mass is 406 g/mol. The molecule has 2 unspecified atom stereocenters. The number of fused-ring (bicyclic) bond motifs is 5. The minimum Gasteiger partial charge on any atom is -0.347 e. The average molecular weight is 406 g/mol. The van der Waals surface area contributed by atoms with Crippen LogP contribution in [-0.4, -0.2) is 38.0 Å². The Hall–Kier alpha value is -3.42. The van der Waals surface area contributed by atoms with Gasteiger partial charge in [0.2, 0.25) is 5.91 Å². The number of rotatable bonds is 4. The van der Waals surface area contributed by atoms with Gasteiger partial charge in [0, 0.05) is 62.0 Å². The van der Waals surface area contributed by atoms with E-state index in [4.69, 9.17) is 0 Å². The zero-order valence-corrected chi connectivity index (χ0v) is 16.4. The Bertz CT molecular complexity index is 1210. The second-order valence-corrected chi connectivity index (χ2v) is 8.23. The largest absolute Gasteiger partial charge is 0.347 e. The van der Waals surface area contributed by atoms with E-state index in [0.29, 0.717) is 32.6 Å². The van der Waals surface area contributed by atoms with Gasteiger partial charge in [0.1, 0.15) is 0 Å². The molecule has 1 fully saturated rings. The van der Waals surface area contributed by atoms with E-state index in [-0.39, 0.29) is 23.4 Å². The van der Waals surface area contributed by atoms with Crippen LogP contribution in [0.25, 0.3) is 10.9 Å². The van der Waals surface area contributed by atoms with Crippen molar-refractivity contribution in [3.05, 3.63) is 74.8 Å². The molecule has 4 heterocycles. The fourth-order valence-electron chi connectivity index (χ4n) is 4.99. The van der Waals surface area contributed by atoms with Crippen LogP contribution in [0.2, 0.25) is 0 Å². The minimum absolute atomic E-state index is 0.0439. The molecular formula is C22H22N4O4. The smallest absolute Gasteiger partial charge is 0.334 e. The van der Waals surface area contributed by atoms with Crippen LogP contribution in [0, 0.1) is 16.0 Å². The number of pyridine rings is 1. The Morgan fingerprint density at radius 1 is 1.10 bits per heavy atom. The molecule has 1 amide bonds. The molecule has 0 radical (unpaired) electrons. The van der Waals surface area contributed by atoms with E-state index in [9.17, 15) is 19.7 Å². The summed E-state index contributed by atoms with van der Waals surface area (Å²) in [5.41, 5.74) is 1.00. The first kappa shape index (κ1) is 18.6. The molecule has 8 heteroatoms. The molecule has 154 valence electrons. The van der Waals surface area contributed by atoms with Crippen molar-refractivity contribution in [3.63, 3.8) is 0 Å². The SMILES string of the molecule is O=C(CCn1ccc2ccccc21)N1CC2CC(C1)c1ccc([N+](=O)[O-])c(=O)n1C2. The lowest BCUT2D eigenvalue weighted by Gasteiger charge is -2.42. The number of piperidine rings is 1. The highest BCUT2D eigenvalue weighted by atomic mass is 16.6. The summed E-state index contributed by atoms with van der Waals surface area (Å²) in [6.45, 7) is 2.20. The van der Waals surface area contributed by atoms with Gasteiger partial charge in [0.15, 0.2) is 0 Å². The third-order valence-electron chi connectivity index (χ3n) is 6.38. The molecule has 2 aliphatic rings. The highest BCUT2D eigenvalue weighted by Gasteiger charge is 2.37. The number of likely N-dealkylation sites (tertiary alicyclic amines) is 1. The first-order chi connectivity index (χ1) is 14.5. The first-order valence-electron chi connectivity index (χ1n) is 10.2. The number of benzene rings is 1. The predicted molar refractivity (Wildman–Crippen MR) is 111 cm³/mol. The molecule has 30 heavy (non-hydrogen) atoms. The Kier molecular flexibility index (Phi) is 4.42. The lowest BCUT2D eigenvalue weighted by Crippen LogP contribution is -2.49. The van der Waals surface area contributed by atoms with Gasteiger partial charge in [-0.1, -0.05) is 18.2 Å². The van der Waals surface area contributed by atoms with Crippen molar-refractivity contribution in [2.75, 3.05) is 13.1 Å². The topological polar surface area (TPSA) is 90.4 Å². The van der Waals surface area contributed by atoms with Gasteiger partial charge in [-0.2, -0.15) is 0 Å². The molecule has 0 saturated carbocycles. The maximum atomic E-state index is 12.9. The van der Waals surface area contributed by atoms with Crippen molar-refractivity contribution in [1.29, 1.82) is 0 Å². The molecule has 8 nitrogen and oxygen atoms in total. The lowest BCUT2D eigenvalue weighted by molar-refractivity contribution is -0.386. The summed E-state index contributed by atoms with van der Waals surface area (Å²) in [7, 11) is 0. The number of para-hydroxylation sites is 1. The fraction of sp³-hybridized carbons (Fsp3) is 0.364. The third kappa shape index (κ3) is 3.08. The average Bonchev–Trinajstić information content (AvgIpc) is 3.15. The van der Waals surface area contributed by atoms with E-state index < -0.39 is 10.5 Å². The second kappa shape index (κ2) is 7.12. The summed E-state index contributed by atoms with van der Waals surface area (Å²) in [6.07, 6.45) is 3.34. The number of amides is 1. The minimum atomic E-state index is -0.624. The molecule has 1 aromatic carbocycles. The molecule has 2 atom stereocenters. The molecule has 0 N–H and O–H groups in total. The van der Waals surface area contributed by atoms with E-state index in [1.165, 1.54) is 6.07 Å². The maximum Gasteiger partial charge on any atom is 0.334 e. The lowest BCUT2D eigenvalue weighted by atomic mass is 9.83. The van der Waals surface area contributed by atoms with E-state index in [2.05, 4.69) is 22.8 Å². The third-order valence-corrected chi connectivity index (χ3v) is 6.38. The molecule has 2 bridgehead atoms. The van der Waals surface area contributed by atoms with E-state index in [1.807, 2.05) is 23.2 Å². The number of nitrogens with zero attached hydrogens (tertiary/aromatic N) is 4. The van der Waals surface area contributed by atoms with Crippen molar-refractivity contribution in [1.82, 2.24) is 14.0 Å². The van der Waals surface area contributed by atoms with E-state index in [0.717, 1.165) is 23.0 Å². The molecule has 0 aliphatic carbocycles. The molecule has 2 aromatic heterocycles. The normalized spacial score (nSPS) is 20.2. The van der Waals surface area contributed by atoms with Gasteiger partial charge in [-0.05, 0) is 35.9 Å². The summed E-state index contributed by atoms with van der Waals surface area (Å²) in [4.78, 5) is 37.8. The number of aromatic nitrogens is 2. The Balaban J connectivity index is 1.31. The van der Waals surface area contributed by atoms with Gasteiger partial charge >= 0.3 is 11.2 Å². The van der Waals surface area contributed by atoms with Gasteiger partial charge in [0.25, 0.3) is 0 Å². The highest BCUT2D eigenvalue weighted by molar-refractivity contribution is 5.80. The van der Waals surface area contributed by atoms with Crippen LogP contribution in [0.5, 0.6) is 0 Å². The quantitative estimate of drug-likeness (QED) is 0.492. The second-order valence-electron chi connectivity index (χ2n) is 8.23. The van der Waals surface area contributed by atoms with Crippen LogP contribution in [0.1, 0.15) is 24.5 Å². The van der Waals surface area contributed by atoms with Gasteiger partial charge in [-0.15, -0.1) is 0 Å². The molecule has 2 aliphatic heterocycles. The number of aryl methyl sites for hydroxylation is 1. The van der Waals surface area contributed by atoms with E-state index in [1.54, 1.807) is 10.6 Å². The first-order valence-corrected chi connectivity index (χ1v) is 10.2. The van der Waals surface area contributed by atoms with Crippen molar-refractivity contribution in [2.24, 2.45) is 5.92 Å². The van der Waals surface area contributed by atoms with Crippen LogP contribution in [-0.2, 0) is 17.9 Å². The summed E-state index contributed by atoms with van der Waals surface area (Å²) in [5.74, 6) is 0.301. The number of carbonyl (C=O) groups excluding carboxylic acids is 1. The standard InChI is InChI=1S/C22H22N4O4/c27-21(8-10-23-9-7-16-3-1-2-4-18(16)23)24-12-15-11-17(14-24)19-5-6-20(26(29)30)22(28)25(19)13-15/h1-7,9,15,17H,8,10-14H2. The van der Waals surface area contributed by atoms with Crippen molar-refractivity contribution in [2.45, 2.75) is 31.8 Å². The number of hydrogen-bond acceptors (Lipinski definition) is 4. The van der Waals surface area contributed by atoms with Crippen LogP contribution < -0.4 is 5.56 Å². The number of nitro groups is 1. The van der Waals surface area contributed by atoms with Crippen LogP contribution >= 0.6 is 0 Å². The molecule has 3 aromatic rings. The predicted octanol–water partition coefficient (Wildman–Crippen LogP) is 2.75. The Labute approximate surface area is 172 Å².